The molecule has 1 heterocycles. The fourth-order valence-corrected chi connectivity index (χ4v) is 3.44. The van der Waals surface area contributed by atoms with Crippen molar-refractivity contribution in [3.63, 3.8) is 0 Å². The van der Waals surface area contributed by atoms with Crippen molar-refractivity contribution in [2.24, 2.45) is 11.8 Å². The molecule has 1 rings (SSSR count). The van der Waals surface area contributed by atoms with Crippen LogP contribution in [0.25, 0.3) is 0 Å². The quantitative estimate of drug-likeness (QED) is 0.243. The summed E-state index contributed by atoms with van der Waals surface area (Å²) < 4.78 is 0. The van der Waals surface area contributed by atoms with Gasteiger partial charge in [0, 0.05) is 0 Å². The Balaban J connectivity index is 2.93. The number of rotatable bonds is 12. The van der Waals surface area contributed by atoms with Gasteiger partial charge in [0.25, 0.3) is 0 Å². The van der Waals surface area contributed by atoms with Crippen molar-refractivity contribution in [3.8, 4) is 0 Å². The lowest BCUT2D eigenvalue weighted by atomic mass is 9.96. The Bertz CT molecular complexity index is 635. The Hall–Kier alpha value is -2.20. The predicted octanol–water partition coefficient (Wildman–Crippen LogP) is -0.250. The molecule has 0 aromatic carbocycles. The molecule has 0 aliphatic carbocycles. The Morgan fingerprint density at radius 2 is 1.42 bits per heavy atom. The molecule has 1 fully saturated rings. The molecule has 0 spiro atoms. The Labute approximate surface area is 183 Å². The molecule has 31 heavy (non-hydrogen) atoms. The highest BCUT2D eigenvalue weighted by atomic mass is 16.4. The average Bonchev–Trinajstić information content (AvgIpc) is 3.27. The average molecular weight is 443 g/mol. The lowest BCUT2D eigenvalue weighted by molar-refractivity contribution is -0.144. The van der Waals surface area contributed by atoms with Gasteiger partial charge in [0.2, 0.25) is 17.7 Å². The van der Waals surface area contributed by atoms with Crippen molar-refractivity contribution < 1.29 is 29.4 Å². The summed E-state index contributed by atoms with van der Waals surface area (Å²) in [6, 6.07) is -3.75. The van der Waals surface area contributed by atoms with E-state index in [1.165, 1.54) is 6.92 Å². The van der Waals surface area contributed by atoms with E-state index >= 15 is 0 Å². The number of carbonyl (C=O) groups excluding carboxylic acids is 3. The van der Waals surface area contributed by atoms with Crippen LogP contribution in [0.4, 0.5) is 0 Å². The fourth-order valence-electron chi connectivity index (χ4n) is 3.44. The minimum atomic E-state index is -1.36. The number of carbonyl (C=O) groups is 4. The van der Waals surface area contributed by atoms with Crippen LogP contribution in [0.2, 0.25) is 0 Å². The molecule has 1 saturated heterocycles. The first-order valence-corrected chi connectivity index (χ1v) is 11.1. The molecular weight excluding hydrogens is 404 g/mol. The van der Waals surface area contributed by atoms with E-state index in [0.717, 1.165) is 13.0 Å². The third-order valence-electron chi connectivity index (χ3n) is 6.01. The second-order valence-electron chi connectivity index (χ2n) is 8.46. The van der Waals surface area contributed by atoms with Crippen LogP contribution in [-0.2, 0) is 19.2 Å². The largest absolute Gasteiger partial charge is 0.480 e. The second-order valence-corrected chi connectivity index (χ2v) is 8.46. The number of carboxylic acid groups (broad SMARTS) is 1. The van der Waals surface area contributed by atoms with E-state index in [-0.39, 0.29) is 23.8 Å². The zero-order valence-electron chi connectivity index (χ0n) is 19.1. The lowest BCUT2D eigenvalue weighted by Gasteiger charge is -2.29. The summed E-state index contributed by atoms with van der Waals surface area (Å²) in [4.78, 5) is 49.7. The first-order valence-electron chi connectivity index (χ1n) is 11.1. The zero-order valence-corrected chi connectivity index (χ0v) is 19.1. The molecule has 6 N–H and O–H groups in total. The van der Waals surface area contributed by atoms with Crippen molar-refractivity contribution in [3.05, 3.63) is 0 Å². The van der Waals surface area contributed by atoms with E-state index in [2.05, 4.69) is 21.3 Å². The molecule has 3 amide bonds. The van der Waals surface area contributed by atoms with E-state index < -0.39 is 42.0 Å². The van der Waals surface area contributed by atoms with Crippen LogP contribution >= 0.6 is 0 Å². The van der Waals surface area contributed by atoms with E-state index in [9.17, 15) is 29.4 Å². The number of nitrogens with one attached hydrogen (secondary N) is 4. The van der Waals surface area contributed by atoms with Crippen molar-refractivity contribution >= 4 is 23.7 Å². The molecule has 10 heteroatoms. The van der Waals surface area contributed by atoms with Gasteiger partial charge >= 0.3 is 5.97 Å². The van der Waals surface area contributed by atoms with Crippen LogP contribution in [0.1, 0.15) is 60.3 Å². The zero-order chi connectivity index (χ0) is 23.7. The fraction of sp³-hybridized carbons (Fsp3) is 0.810. The molecule has 0 radical (unpaired) electrons. The SMILES string of the molecule is CCC(C)C(NC(=O)C(NC(=O)C(NC(=O)C1CCCN1)C(C)CC)C(C)O)C(=O)O. The van der Waals surface area contributed by atoms with Gasteiger partial charge in [-0.25, -0.2) is 4.79 Å². The number of amides is 3. The third-order valence-corrected chi connectivity index (χ3v) is 6.01. The summed E-state index contributed by atoms with van der Waals surface area (Å²) in [5.74, 6) is -3.40. The molecule has 0 aromatic rings. The number of aliphatic hydroxyl groups is 1. The van der Waals surface area contributed by atoms with Gasteiger partial charge in [-0.2, -0.15) is 0 Å². The first-order chi connectivity index (χ1) is 14.5. The summed E-state index contributed by atoms with van der Waals surface area (Å²) >= 11 is 0. The van der Waals surface area contributed by atoms with E-state index in [1.54, 1.807) is 13.8 Å². The van der Waals surface area contributed by atoms with Crippen LogP contribution in [0, 0.1) is 11.8 Å². The maximum atomic E-state index is 13.0. The molecule has 0 aromatic heterocycles. The van der Waals surface area contributed by atoms with Gasteiger partial charge in [0.15, 0.2) is 0 Å². The van der Waals surface area contributed by atoms with Gasteiger partial charge < -0.3 is 31.5 Å². The lowest BCUT2D eigenvalue weighted by Crippen LogP contribution is -2.61. The van der Waals surface area contributed by atoms with E-state index in [1.807, 2.05) is 13.8 Å². The normalized spacial score (nSPS) is 21.8. The van der Waals surface area contributed by atoms with Crippen LogP contribution in [-0.4, -0.2) is 70.7 Å². The molecule has 1 aliphatic heterocycles. The van der Waals surface area contributed by atoms with Gasteiger partial charge in [-0.1, -0.05) is 40.5 Å². The Morgan fingerprint density at radius 1 is 0.903 bits per heavy atom. The topological polar surface area (TPSA) is 157 Å². The highest BCUT2D eigenvalue weighted by molar-refractivity contribution is 5.94. The van der Waals surface area contributed by atoms with Crippen molar-refractivity contribution in [2.75, 3.05) is 6.54 Å². The minimum absolute atomic E-state index is 0.213. The van der Waals surface area contributed by atoms with E-state index in [4.69, 9.17) is 0 Å². The third kappa shape index (κ3) is 7.77. The Kier molecular flexibility index (Phi) is 10.9. The first kappa shape index (κ1) is 26.8. The highest BCUT2D eigenvalue weighted by Crippen LogP contribution is 2.12. The van der Waals surface area contributed by atoms with Gasteiger partial charge in [0.05, 0.1) is 12.1 Å². The number of aliphatic carboxylic acids is 1. The number of aliphatic hydroxyl groups excluding tert-OH is 1. The summed E-state index contributed by atoms with van der Waals surface area (Å²) in [5, 5.41) is 30.2. The minimum Gasteiger partial charge on any atom is -0.480 e. The van der Waals surface area contributed by atoms with Crippen molar-refractivity contribution in [2.45, 2.75) is 90.6 Å². The molecule has 0 bridgehead atoms. The second kappa shape index (κ2) is 12.6. The molecule has 0 saturated carbocycles. The number of hydrogen-bond donors (Lipinski definition) is 6. The molecule has 10 nitrogen and oxygen atoms in total. The number of hydrogen-bond acceptors (Lipinski definition) is 6. The smallest absolute Gasteiger partial charge is 0.326 e. The van der Waals surface area contributed by atoms with Crippen LogP contribution in [0.5, 0.6) is 0 Å². The standard InChI is InChI=1S/C21H38N4O6/c1-6-11(3)15(23-18(27)14-9-8-10-22-14)19(28)25-17(13(5)26)20(29)24-16(21(30)31)12(4)7-2/h11-17,22,26H,6-10H2,1-5H3,(H,23,27)(H,24,29)(H,25,28)(H,30,31). The molecule has 178 valence electrons. The Morgan fingerprint density at radius 3 is 1.87 bits per heavy atom. The van der Waals surface area contributed by atoms with Gasteiger partial charge in [-0.15, -0.1) is 0 Å². The van der Waals surface area contributed by atoms with Gasteiger partial charge in [-0.05, 0) is 38.1 Å². The molecule has 7 unspecified atom stereocenters. The van der Waals surface area contributed by atoms with Crippen molar-refractivity contribution in [1.82, 2.24) is 21.3 Å². The molecular formula is C21H38N4O6. The van der Waals surface area contributed by atoms with Gasteiger partial charge in [-0.3, -0.25) is 14.4 Å². The van der Waals surface area contributed by atoms with E-state index in [0.29, 0.717) is 19.3 Å². The maximum Gasteiger partial charge on any atom is 0.326 e. The summed E-state index contributed by atoms with van der Waals surface area (Å²) in [6.45, 7) is 9.27. The van der Waals surface area contributed by atoms with Crippen LogP contribution in [0.3, 0.4) is 0 Å². The summed E-state index contributed by atoms with van der Waals surface area (Å²) in [7, 11) is 0. The highest BCUT2D eigenvalue weighted by Gasteiger charge is 2.35. The van der Waals surface area contributed by atoms with Crippen LogP contribution in [0.15, 0.2) is 0 Å². The maximum absolute atomic E-state index is 13.0. The summed E-state index contributed by atoms with van der Waals surface area (Å²) in [5.41, 5.74) is 0. The predicted molar refractivity (Wildman–Crippen MR) is 115 cm³/mol. The monoisotopic (exact) mass is 442 g/mol. The van der Waals surface area contributed by atoms with Crippen LogP contribution < -0.4 is 21.3 Å². The number of carboxylic acids is 1. The van der Waals surface area contributed by atoms with Gasteiger partial charge in [0.1, 0.15) is 18.1 Å². The summed E-state index contributed by atoms with van der Waals surface area (Å²) in [6.07, 6.45) is 1.44. The van der Waals surface area contributed by atoms with Crippen molar-refractivity contribution in [1.29, 1.82) is 0 Å². The molecule has 7 atom stereocenters. The molecule has 1 aliphatic rings.